The molecule has 1 aromatic rings. The van der Waals surface area contributed by atoms with Gasteiger partial charge in [-0.15, -0.1) is 0 Å². The number of carbonyl (C=O) groups is 1. The number of nitrogens with one attached hydrogen (secondary N) is 1. The number of aryl methyl sites for hydroxylation is 1. The molecule has 4 nitrogen and oxygen atoms in total. The molecule has 0 aliphatic rings. The number of hydrogen-bond donors (Lipinski definition) is 1. The van der Waals surface area contributed by atoms with Crippen LogP contribution in [-0.4, -0.2) is 18.2 Å². The molecule has 0 saturated carbocycles. The van der Waals surface area contributed by atoms with Crippen molar-refractivity contribution in [2.75, 3.05) is 6.54 Å². The van der Waals surface area contributed by atoms with Crippen LogP contribution in [0.5, 0.6) is 0 Å². The molecule has 0 radical (unpaired) electrons. The van der Waals surface area contributed by atoms with E-state index in [0.29, 0.717) is 6.54 Å². The van der Waals surface area contributed by atoms with E-state index in [1.54, 1.807) is 0 Å². The van der Waals surface area contributed by atoms with Crippen LogP contribution in [0.3, 0.4) is 0 Å². The van der Waals surface area contributed by atoms with Gasteiger partial charge in [-0.05, 0) is 25.3 Å². The van der Waals surface area contributed by atoms with Gasteiger partial charge in [0.2, 0.25) is 0 Å². The molecule has 0 aromatic heterocycles. The molecule has 0 amide bonds. The number of nitrogens with zero attached hydrogens (tertiary/aromatic N) is 1. The maximum atomic E-state index is 10.3. The van der Waals surface area contributed by atoms with Gasteiger partial charge in [0.25, 0.3) is 0 Å². The van der Waals surface area contributed by atoms with E-state index in [1.165, 1.54) is 12.5 Å². The Morgan fingerprint density at radius 1 is 1.35 bits per heavy atom. The molecule has 0 unspecified atom stereocenters. The van der Waals surface area contributed by atoms with E-state index in [9.17, 15) is 9.90 Å². The van der Waals surface area contributed by atoms with Crippen LogP contribution in [-0.2, 0) is 11.2 Å². The van der Waals surface area contributed by atoms with E-state index in [2.05, 4.69) is 22.7 Å². The molecule has 0 spiro atoms. The Morgan fingerprint density at radius 3 is 2.59 bits per heavy atom. The van der Waals surface area contributed by atoms with Gasteiger partial charge < -0.3 is 15.3 Å². The normalized spacial score (nSPS) is 10.5. The standard InChI is InChI=1S/C12H16N2O2.Na/c1-10(12(15)16)14-13-9-5-8-11-6-3-2-4-7-11;/h2-4,6-7,13H,5,8-9H2,1H3,(H,15,16);/q;+1/p-1/b14-10-;. The Balaban J connectivity index is 0.00000256. The second kappa shape index (κ2) is 9.22. The monoisotopic (exact) mass is 242 g/mol. The molecule has 1 N–H and O–H groups in total. The molecule has 1 aromatic carbocycles. The summed E-state index contributed by atoms with van der Waals surface area (Å²) in [5.74, 6) is -1.24. The molecule has 5 heteroatoms. The first-order valence-electron chi connectivity index (χ1n) is 5.22. The second-order valence-corrected chi connectivity index (χ2v) is 3.48. The van der Waals surface area contributed by atoms with Gasteiger partial charge >= 0.3 is 29.6 Å². The van der Waals surface area contributed by atoms with Crippen molar-refractivity contribution >= 4 is 11.7 Å². The zero-order valence-corrected chi connectivity index (χ0v) is 12.3. The molecule has 0 aliphatic heterocycles. The SMILES string of the molecule is C/C(=N/NCCCc1ccccc1)C(=O)[O-].[Na+]. The Bertz CT molecular complexity index is 366. The Hall–Kier alpha value is -0.840. The summed E-state index contributed by atoms with van der Waals surface area (Å²) in [5, 5.41) is 14.0. The summed E-state index contributed by atoms with van der Waals surface area (Å²) in [5.41, 5.74) is 3.94. The number of rotatable bonds is 6. The van der Waals surface area contributed by atoms with Gasteiger partial charge in [-0.1, -0.05) is 30.3 Å². The minimum absolute atomic E-state index is 0. The fraction of sp³-hybridized carbons (Fsp3) is 0.333. The van der Waals surface area contributed by atoms with Gasteiger partial charge in [0, 0.05) is 6.54 Å². The Labute approximate surface area is 123 Å². The summed E-state index contributed by atoms with van der Waals surface area (Å²) in [6, 6.07) is 10.1. The van der Waals surface area contributed by atoms with E-state index in [4.69, 9.17) is 0 Å². The quantitative estimate of drug-likeness (QED) is 0.256. The molecular weight excluding hydrogens is 227 g/mol. The summed E-state index contributed by atoms with van der Waals surface area (Å²) in [6.45, 7) is 2.05. The number of carboxylic acids is 1. The van der Waals surface area contributed by atoms with Gasteiger partial charge in [-0.25, -0.2) is 0 Å². The van der Waals surface area contributed by atoms with Crippen molar-refractivity contribution < 1.29 is 39.5 Å². The molecule has 0 fully saturated rings. The summed E-state index contributed by atoms with van der Waals surface area (Å²) >= 11 is 0. The fourth-order valence-electron chi connectivity index (χ4n) is 1.24. The maximum absolute atomic E-state index is 10.3. The summed E-state index contributed by atoms with van der Waals surface area (Å²) in [4.78, 5) is 10.3. The molecule has 0 atom stereocenters. The number of hydrogen-bond acceptors (Lipinski definition) is 4. The van der Waals surface area contributed by atoms with Crippen molar-refractivity contribution in [3.05, 3.63) is 35.9 Å². The molecule has 0 bridgehead atoms. The average molecular weight is 242 g/mol. The van der Waals surface area contributed by atoms with Crippen LogP contribution in [0.15, 0.2) is 35.4 Å². The van der Waals surface area contributed by atoms with E-state index in [-0.39, 0.29) is 35.3 Å². The van der Waals surface area contributed by atoms with Gasteiger partial charge in [0.1, 0.15) is 0 Å². The minimum Gasteiger partial charge on any atom is -0.543 e. The average Bonchev–Trinajstić information content (AvgIpc) is 2.29. The van der Waals surface area contributed by atoms with Crippen LogP contribution in [0.4, 0.5) is 0 Å². The van der Waals surface area contributed by atoms with Gasteiger partial charge in [-0.2, -0.15) is 5.10 Å². The van der Waals surface area contributed by atoms with E-state index in [1.807, 2.05) is 18.2 Å². The van der Waals surface area contributed by atoms with Crippen LogP contribution in [0.25, 0.3) is 0 Å². The van der Waals surface area contributed by atoms with Gasteiger partial charge in [0.05, 0.1) is 11.7 Å². The zero-order valence-electron chi connectivity index (χ0n) is 10.3. The van der Waals surface area contributed by atoms with Crippen molar-refractivity contribution in [1.29, 1.82) is 0 Å². The number of benzene rings is 1. The van der Waals surface area contributed by atoms with E-state index in [0.717, 1.165) is 12.8 Å². The van der Waals surface area contributed by atoms with E-state index < -0.39 is 5.97 Å². The summed E-state index contributed by atoms with van der Waals surface area (Å²) in [6.07, 6.45) is 1.86. The van der Waals surface area contributed by atoms with Crippen molar-refractivity contribution in [2.45, 2.75) is 19.8 Å². The van der Waals surface area contributed by atoms with Gasteiger partial charge in [-0.3, -0.25) is 0 Å². The summed E-state index contributed by atoms with van der Waals surface area (Å²) in [7, 11) is 0. The minimum atomic E-state index is -1.24. The molecule has 1 rings (SSSR count). The Kier molecular flexibility index (Phi) is 8.76. The van der Waals surface area contributed by atoms with Crippen LogP contribution >= 0.6 is 0 Å². The molecule has 0 heterocycles. The number of carbonyl (C=O) groups excluding carboxylic acids is 1. The fourth-order valence-corrected chi connectivity index (χ4v) is 1.24. The summed E-state index contributed by atoms with van der Waals surface area (Å²) < 4.78 is 0. The number of hydrazone groups is 1. The third-order valence-corrected chi connectivity index (χ3v) is 2.14. The van der Waals surface area contributed by atoms with Crippen LogP contribution in [0.1, 0.15) is 18.9 Å². The van der Waals surface area contributed by atoms with Crippen molar-refractivity contribution in [3.8, 4) is 0 Å². The third-order valence-electron chi connectivity index (χ3n) is 2.14. The van der Waals surface area contributed by atoms with E-state index >= 15 is 0 Å². The molecular formula is C12H15N2NaO2. The topological polar surface area (TPSA) is 64.5 Å². The number of aliphatic carboxylic acids is 1. The van der Waals surface area contributed by atoms with Crippen LogP contribution < -0.4 is 40.1 Å². The van der Waals surface area contributed by atoms with Crippen molar-refractivity contribution in [3.63, 3.8) is 0 Å². The Morgan fingerprint density at radius 2 is 2.00 bits per heavy atom. The predicted molar refractivity (Wildman–Crippen MR) is 60.9 cm³/mol. The van der Waals surface area contributed by atoms with Crippen LogP contribution in [0, 0.1) is 0 Å². The predicted octanol–water partition coefficient (Wildman–Crippen LogP) is -2.66. The van der Waals surface area contributed by atoms with Crippen molar-refractivity contribution in [2.24, 2.45) is 5.10 Å². The van der Waals surface area contributed by atoms with Gasteiger partial charge in [0.15, 0.2) is 0 Å². The molecule has 0 saturated heterocycles. The largest absolute Gasteiger partial charge is 1.00 e. The first-order valence-corrected chi connectivity index (χ1v) is 5.22. The third kappa shape index (κ3) is 7.15. The first-order chi connectivity index (χ1) is 7.70. The second-order valence-electron chi connectivity index (χ2n) is 3.48. The van der Waals surface area contributed by atoms with Crippen molar-refractivity contribution in [1.82, 2.24) is 5.43 Å². The molecule has 86 valence electrons. The molecule has 17 heavy (non-hydrogen) atoms. The first kappa shape index (κ1) is 16.2. The zero-order chi connectivity index (χ0) is 11.8. The molecule has 0 aliphatic carbocycles. The van der Waals surface area contributed by atoms with Crippen LogP contribution in [0.2, 0.25) is 0 Å². The maximum Gasteiger partial charge on any atom is 1.00 e. The number of carboxylic acid groups (broad SMARTS) is 1. The smallest absolute Gasteiger partial charge is 0.543 e.